The molecule has 1 aromatic carbocycles. The van der Waals surface area contributed by atoms with Crippen molar-refractivity contribution < 1.29 is 9.47 Å². The first-order valence-corrected chi connectivity index (χ1v) is 4.75. The van der Waals surface area contributed by atoms with Crippen molar-refractivity contribution in [3.63, 3.8) is 0 Å². The average Bonchev–Trinajstić information content (AvgIpc) is 2.19. The highest BCUT2D eigenvalue weighted by molar-refractivity contribution is 5.55. The first kappa shape index (κ1) is 10.6. The van der Waals surface area contributed by atoms with Crippen molar-refractivity contribution in [2.45, 2.75) is 13.8 Å². The number of methoxy groups -OCH3 is 1. The highest BCUT2D eigenvalue weighted by atomic mass is 16.5. The zero-order chi connectivity index (χ0) is 10.4. The minimum Gasteiger partial charge on any atom is -0.493 e. The third-order valence-electron chi connectivity index (χ3n) is 1.85. The Kier molecular flexibility index (Phi) is 4.05. The Hall–Kier alpha value is -1.44. The largest absolute Gasteiger partial charge is 0.493 e. The summed E-state index contributed by atoms with van der Waals surface area (Å²) in [7, 11) is 1.65. The lowest BCUT2D eigenvalue weighted by molar-refractivity contribution is 0.311. The molecule has 0 saturated carbocycles. The fraction of sp³-hybridized carbons (Fsp3) is 0.333. The molecular formula is C12H16O2. The third-order valence-corrected chi connectivity index (χ3v) is 1.85. The topological polar surface area (TPSA) is 18.5 Å². The van der Waals surface area contributed by atoms with Crippen LogP contribution in [-0.2, 0) is 0 Å². The summed E-state index contributed by atoms with van der Waals surface area (Å²) in [6.07, 6.45) is 4.03. The van der Waals surface area contributed by atoms with Gasteiger partial charge in [-0.2, -0.15) is 0 Å². The number of benzene rings is 1. The van der Waals surface area contributed by atoms with Crippen LogP contribution in [0, 0.1) is 0 Å². The standard InChI is InChI=1S/C12H16O2/c1-4-6-10-7-8-11(13-3)12(9-10)14-5-2/h4,6-9H,5H2,1-3H3/b6-4+. The minimum atomic E-state index is 0.648. The summed E-state index contributed by atoms with van der Waals surface area (Å²) >= 11 is 0. The van der Waals surface area contributed by atoms with Gasteiger partial charge >= 0.3 is 0 Å². The van der Waals surface area contributed by atoms with Gasteiger partial charge in [-0.05, 0) is 31.5 Å². The molecule has 0 fully saturated rings. The Labute approximate surface area is 85.2 Å². The molecule has 0 radical (unpaired) electrons. The zero-order valence-corrected chi connectivity index (χ0v) is 8.91. The molecule has 76 valence electrons. The van der Waals surface area contributed by atoms with Crippen LogP contribution in [-0.4, -0.2) is 13.7 Å². The molecule has 0 atom stereocenters. The molecule has 0 aliphatic carbocycles. The van der Waals surface area contributed by atoms with Crippen LogP contribution in [0.1, 0.15) is 19.4 Å². The number of ether oxygens (including phenoxy) is 2. The van der Waals surface area contributed by atoms with E-state index in [0.29, 0.717) is 6.61 Å². The average molecular weight is 192 g/mol. The molecule has 2 nitrogen and oxygen atoms in total. The van der Waals surface area contributed by atoms with Gasteiger partial charge in [-0.25, -0.2) is 0 Å². The fourth-order valence-corrected chi connectivity index (χ4v) is 1.26. The van der Waals surface area contributed by atoms with E-state index in [1.54, 1.807) is 7.11 Å². The van der Waals surface area contributed by atoms with Crippen LogP contribution in [0.3, 0.4) is 0 Å². The second-order valence-electron chi connectivity index (χ2n) is 2.84. The Balaban J connectivity index is 3.00. The number of allylic oxidation sites excluding steroid dienone is 1. The molecule has 0 unspecified atom stereocenters. The van der Waals surface area contributed by atoms with Crippen LogP contribution >= 0.6 is 0 Å². The summed E-state index contributed by atoms with van der Waals surface area (Å²) in [5.74, 6) is 1.57. The summed E-state index contributed by atoms with van der Waals surface area (Å²) in [5.41, 5.74) is 1.12. The lowest BCUT2D eigenvalue weighted by Crippen LogP contribution is -1.95. The van der Waals surface area contributed by atoms with Gasteiger partial charge in [0.15, 0.2) is 11.5 Å². The Morgan fingerprint density at radius 3 is 2.64 bits per heavy atom. The van der Waals surface area contributed by atoms with Gasteiger partial charge in [-0.3, -0.25) is 0 Å². The maximum Gasteiger partial charge on any atom is 0.161 e. The first-order chi connectivity index (χ1) is 6.81. The van der Waals surface area contributed by atoms with E-state index in [9.17, 15) is 0 Å². The van der Waals surface area contributed by atoms with Gasteiger partial charge in [0.25, 0.3) is 0 Å². The molecule has 1 aromatic rings. The van der Waals surface area contributed by atoms with E-state index in [4.69, 9.17) is 9.47 Å². The molecule has 0 N–H and O–H groups in total. The van der Waals surface area contributed by atoms with E-state index in [1.165, 1.54) is 0 Å². The number of hydrogen-bond donors (Lipinski definition) is 0. The molecule has 0 amide bonds. The van der Waals surface area contributed by atoms with Crippen LogP contribution in [0.2, 0.25) is 0 Å². The van der Waals surface area contributed by atoms with Crippen LogP contribution in [0.25, 0.3) is 6.08 Å². The van der Waals surface area contributed by atoms with Gasteiger partial charge in [0, 0.05) is 0 Å². The summed E-state index contributed by atoms with van der Waals surface area (Å²) < 4.78 is 10.6. The molecule has 0 aromatic heterocycles. The van der Waals surface area contributed by atoms with E-state index in [1.807, 2.05) is 44.2 Å². The van der Waals surface area contributed by atoms with Crippen molar-refractivity contribution in [2.24, 2.45) is 0 Å². The van der Waals surface area contributed by atoms with Gasteiger partial charge in [-0.15, -0.1) is 0 Å². The van der Waals surface area contributed by atoms with Crippen molar-refractivity contribution in [1.29, 1.82) is 0 Å². The molecule has 2 heteroatoms. The summed E-state index contributed by atoms with van der Waals surface area (Å²) in [6, 6.07) is 5.89. The molecule has 1 rings (SSSR count). The second-order valence-corrected chi connectivity index (χ2v) is 2.84. The molecule has 0 bridgehead atoms. The normalized spacial score (nSPS) is 10.5. The molecule has 0 aliphatic heterocycles. The summed E-state index contributed by atoms with van der Waals surface area (Å²) in [4.78, 5) is 0. The van der Waals surface area contributed by atoms with E-state index < -0.39 is 0 Å². The fourth-order valence-electron chi connectivity index (χ4n) is 1.26. The third kappa shape index (κ3) is 2.52. The zero-order valence-electron chi connectivity index (χ0n) is 8.91. The van der Waals surface area contributed by atoms with Crippen molar-refractivity contribution in [3.8, 4) is 11.5 Å². The lowest BCUT2D eigenvalue weighted by Gasteiger charge is -2.09. The molecule has 14 heavy (non-hydrogen) atoms. The molecule has 0 spiro atoms. The van der Waals surface area contributed by atoms with Crippen LogP contribution < -0.4 is 9.47 Å². The minimum absolute atomic E-state index is 0.648. The molecule has 0 aliphatic rings. The first-order valence-electron chi connectivity index (χ1n) is 4.75. The highest BCUT2D eigenvalue weighted by Crippen LogP contribution is 2.28. The SMILES string of the molecule is C/C=C/c1ccc(OC)c(OCC)c1. The smallest absolute Gasteiger partial charge is 0.161 e. The van der Waals surface area contributed by atoms with E-state index in [-0.39, 0.29) is 0 Å². The van der Waals surface area contributed by atoms with Crippen LogP contribution in [0.4, 0.5) is 0 Å². The number of hydrogen-bond acceptors (Lipinski definition) is 2. The highest BCUT2D eigenvalue weighted by Gasteiger charge is 2.02. The molecule has 0 saturated heterocycles. The molecule has 0 heterocycles. The van der Waals surface area contributed by atoms with E-state index in [0.717, 1.165) is 17.1 Å². The maximum absolute atomic E-state index is 5.46. The quantitative estimate of drug-likeness (QED) is 0.729. The van der Waals surface area contributed by atoms with E-state index in [2.05, 4.69) is 0 Å². The summed E-state index contributed by atoms with van der Waals surface area (Å²) in [5, 5.41) is 0. The second kappa shape index (κ2) is 5.32. The van der Waals surface area contributed by atoms with Crippen LogP contribution in [0.15, 0.2) is 24.3 Å². The summed E-state index contributed by atoms with van der Waals surface area (Å²) in [6.45, 7) is 4.60. The predicted octanol–water partition coefficient (Wildman–Crippen LogP) is 3.13. The predicted molar refractivity (Wildman–Crippen MR) is 58.9 cm³/mol. The van der Waals surface area contributed by atoms with Crippen LogP contribution in [0.5, 0.6) is 11.5 Å². The van der Waals surface area contributed by atoms with Crippen molar-refractivity contribution >= 4 is 6.08 Å². The maximum atomic E-state index is 5.46. The van der Waals surface area contributed by atoms with Crippen molar-refractivity contribution in [3.05, 3.63) is 29.8 Å². The van der Waals surface area contributed by atoms with Crippen molar-refractivity contribution in [1.82, 2.24) is 0 Å². The monoisotopic (exact) mass is 192 g/mol. The van der Waals surface area contributed by atoms with Gasteiger partial charge in [0.2, 0.25) is 0 Å². The van der Waals surface area contributed by atoms with Gasteiger partial charge in [0.1, 0.15) is 0 Å². The van der Waals surface area contributed by atoms with E-state index >= 15 is 0 Å². The Morgan fingerprint density at radius 2 is 2.07 bits per heavy atom. The van der Waals surface area contributed by atoms with Gasteiger partial charge in [0.05, 0.1) is 13.7 Å². The van der Waals surface area contributed by atoms with Gasteiger partial charge < -0.3 is 9.47 Å². The lowest BCUT2D eigenvalue weighted by atomic mass is 10.2. The number of rotatable bonds is 4. The van der Waals surface area contributed by atoms with Gasteiger partial charge in [-0.1, -0.05) is 18.2 Å². The van der Waals surface area contributed by atoms with Crippen molar-refractivity contribution in [2.75, 3.05) is 13.7 Å². The molecular weight excluding hydrogens is 176 g/mol. The Bertz CT molecular complexity index is 316. The Morgan fingerprint density at radius 1 is 1.29 bits per heavy atom.